The van der Waals surface area contributed by atoms with Crippen LogP contribution in [-0.2, 0) is 4.79 Å². The average Bonchev–Trinajstić information content (AvgIpc) is 2.85. The zero-order valence-corrected chi connectivity index (χ0v) is 12.3. The van der Waals surface area contributed by atoms with E-state index in [0.717, 1.165) is 32.6 Å². The Labute approximate surface area is 126 Å². The lowest BCUT2D eigenvalue weighted by atomic mass is 9.99. The van der Waals surface area contributed by atoms with Gasteiger partial charge in [0.2, 0.25) is 0 Å². The molecule has 0 aliphatic heterocycles. The van der Waals surface area contributed by atoms with Gasteiger partial charge in [-0.3, -0.25) is 9.89 Å². The fraction of sp³-hybridized carbons (Fsp3) is 0.125. The minimum Gasteiger partial charge on any atom is -0.481 e. The fourth-order valence-corrected chi connectivity index (χ4v) is 3.18. The molecule has 2 aromatic carbocycles. The second-order valence-electron chi connectivity index (χ2n) is 4.74. The summed E-state index contributed by atoms with van der Waals surface area (Å²) in [6, 6.07) is 14.3. The predicted octanol–water partition coefficient (Wildman–Crippen LogP) is 3.72. The lowest BCUT2D eigenvalue weighted by Crippen LogP contribution is -1.98. The van der Waals surface area contributed by atoms with Crippen LogP contribution in [0, 0.1) is 6.92 Å². The molecule has 0 atom stereocenters. The van der Waals surface area contributed by atoms with Crippen LogP contribution in [0.25, 0.3) is 21.9 Å². The molecule has 1 aromatic heterocycles. The zero-order chi connectivity index (χ0) is 14.8. The Bertz CT molecular complexity index is 806. The summed E-state index contributed by atoms with van der Waals surface area (Å²) in [7, 11) is 0. The molecule has 5 heteroatoms. The number of thioether (sulfide) groups is 1. The number of carbonyl (C=O) groups is 1. The molecule has 0 saturated carbocycles. The van der Waals surface area contributed by atoms with E-state index >= 15 is 0 Å². The molecule has 0 radical (unpaired) electrons. The van der Waals surface area contributed by atoms with Crippen LogP contribution in [0.3, 0.4) is 0 Å². The highest BCUT2D eigenvalue weighted by Crippen LogP contribution is 2.36. The number of nitrogens with zero attached hydrogens (tertiary/aromatic N) is 1. The zero-order valence-electron chi connectivity index (χ0n) is 11.5. The third-order valence-electron chi connectivity index (χ3n) is 3.31. The van der Waals surface area contributed by atoms with E-state index < -0.39 is 5.97 Å². The number of aromatic amines is 1. The van der Waals surface area contributed by atoms with Crippen molar-refractivity contribution >= 4 is 28.5 Å². The maximum absolute atomic E-state index is 10.8. The number of H-pyrrole nitrogens is 1. The Kier molecular flexibility index (Phi) is 3.66. The van der Waals surface area contributed by atoms with Gasteiger partial charge in [0.25, 0.3) is 0 Å². The molecule has 3 rings (SSSR count). The van der Waals surface area contributed by atoms with Crippen molar-refractivity contribution in [3.8, 4) is 11.1 Å². The van der Waals surface area contributed by atoms with Crippen LogP contribution in [0.15, 0.2) is 47.5 Å². The van der Waals surface area contributed by atoms with E-state index in [1.807, 2.05) is 31.2 Å². The molecule has 0 aliphatic carbocycles. The van der Waals surface area contributed by atoms with Gasteiger partial charge in [-0.15, -0.1) is 0 Å². The van der Waals surface area contributed by atoms with Crippen molar-refractivity contribution in [1.82, 2.24) is 10.2 Å². The molecule has 3 aromatic rings. The lowest BCUT2D eigenvalue weighted by molar-refractivity contribution is -0.133. The number of benzene rings is 2. The van der Waals surface area contributed by atoms with Gasteiger partial charge < -0.3 is 5.11 Å². The predicted molar refractivity (Wildman–Crippen MR) is 84.6 cm³/mol. The Morgan fingerprint density at radius 2 is 2.00 bits per heavy atom. The third kappa shape index (κ3) is 2.64. The first-order chi connectivity index (χ1) is 10.2. The number of fused-ring (bicyclic) bond motifs is 1. The number of carboxylic acid groups (broad SMARTS) is 1. The number of aryl methyl sites for hydroxylation is 1. The number of aromatic nitrogens is 2. The molecule has 1 heterocycles. The van der Waals surface area contributed by atoms with E-state index in [-0.39, 0.29) is 5.75 Å². The smallest absolute Gasteiger partial charge is 0.313 e. The first kappa shape index (κ1) is 13.7. The summed E-state index contributed by atoms with van der Waals surface area (Å²) in [5, 5.41) is 19.1. The minimum atomic E-state index is -0.843. The van der Waals surface area contributed by atoms with Gasteiger partial charge in [0.1, 0.15) is 5.03 Å². The minimum absolute atomic E-state index is 0.00204. The van der Waals surface area contributed by atoms with E-state index in [2.05, 4.69) is 28.4 Å². The van der Waals surface area contributed by atoms with Crippen molar-refractivity contribution < 1.29 is 9.90 Å². The summed E-state index contributed by atoms with van der Waals surface area (Å²) in [5.74, 6) is -0.841. The summed E-state index contributed by atoms with van der Waals surface area (Å²) >= 11 is 1.24. The van der Waals surface area contributed by atoms with Crippen molar-refractivity contribution in [1.29, 1.82) is 0 Å². The summed E-state index contributed by atoms with van der Waals surface area (Å²) < 4.78 is 0. The Hall–Kier alpha value is -2.27. The summed E-state index contributed by atoms with van der Waals surface area (Å²) in [5.41, 5.74) is 3.00. The van der Waals surface area contributed by atoms with Gasteiger partial charge in [0.05, 0.1) is 5.75 Å². The highest BCUT2D eigenvalue weighted by molar-refractivity contribution is 8.00. The van der Waals surface area contributed by atoms with Crippen LogP contribution in [0.1, 0.15) is 5.69 Å². The first-order valence-electron chi connectivity index (χ1n) is 6.54. The number of rotatable bonds is 4. The van der Waals surface area contributed by atoms with Crippen LogP contribution in [0.2, 0.25) is 0 Å². The van der Waals surface area contributed by atoms with E-state index in [0.29, 0.717) is 0 Å². The molecule has 2 N–H and O–H groups in total. The average molecular weight is 298 g/mol. The van der Waals surface area contributed by atoms with E-state index in [4.69, 9.17) is 5.11 Å². The monoisotopic (exact) mass is 298 g/mol. The third-order valence-corrected chi connectivity index (χ3v) is 4.27. The van der Waals surface area contributed by atoms with Crippen LogP contribution in [0.4, 0.5) is 0 Å². The molecule has 0 fully saturated rings. The molecule has 0 spiro atoms. The van der Waals surface area contributed by atoms with E-state index in [1.165, 1.54) is 11.8 Å². The maximum Gasteiger partial charge on any atom is 0.313 e. The summed E-state index contributed by atoms with van der Waals surface area (Å²) in [6.45, 7) is 1.95. The Balaban J connectivity index is 2.14. The van der Waals surface area contributed by atoms with Gasteiger partial charge in [-0.1, -0.05) is 54.2 Å². The van der Waals surface area contributed by atoms with Gasteiger partial charge in [-0.25, -0.2) is 0 Å². The fourth-order valence-electron chi connectivity index (χ4n) is 2.40. The molecule has 0 unspecified atom stereocenters. The van der Waals surface area contributed by atoms with Crippen LogP contribution < -0.4 is 0 Å². The number of aliphatic carboxylic acids is 1. The van der Waals surface area contributed by atoms with Gasteiger partial charge in [-0.05, 0) is 23.3 Å². The largest absolute Gasteiger partial charge is 0.481 e. The van der Waals surface area contributed by atoms with Crippen LogP contribution in [0.5, 0.6) is 0 Å². The van der Waals surface area contributed by atoms with Crippen molar-refractivity contribution in [3.63, 3.8) is 0 Å². The van der Waals surface area contributed by atoms with E-state index in [9.17, 15) is 4.79 Å². The molecular formula is C16H14N2O2S. The van der Waals surface area contributed by atoms with Crippen molar-refractivity contribution in [2.24, 2.45) is 0 Å². The molecule has 0 bridgehead atoms. The standard InChI is InChI=1S/C16H14N2O2S/c1-10-15(16(18-17-10)21-9-14(19)20)13-8-4-6-11-5-2-3-7-12(11)13/h2-8H,9H2,1H3,(H,17,18)(H,19,20). The van der Waals surface area contributed by atoms with Gasteiger partial charge in [0, 0.05) is 11.3 Å². The summed E-state index contributed by atoms with van der Waals surface area (Å²) in [4.78, 5) is 10.8. The molecule has 21 heavy (non-hydrogen) atoms. The number of nitrogens with one attached hydrogen (secondary N) is 1. The quantitative estimate of drug-likeness (QED) is 0.721. The highest BCUT2D eigenvalue weighted by atomic mass is 32.2. The molecule has 0 aliphatic rings. The second kappa shape index (κ2) is 5.61. The SMILES string of the molecule is Cc1[nH]nc(SCC(=O)O)c1-c1cccc2ccccc12. The van der Waals surface area contributed by atoms with E-state index in [1.54, 1.807) is 0 Å². The summed E-state index contributed by atoms with van der Waals surface area (Å²) in [6.07, 6.45) is 0. The van der Waals surface area contributed by atoms with Crippen LogP contribution in [-0.4, -0.2) is 27.0 Å². The van der Waals surface area contributed by atoms with Crippen LogP contribution >= 0.6 is 11.8 Å². The topological polar surface area (TPSA) is 66.0 Å². The molecule has 106 valence electrons. The molecule has 4 nitrogen and oxygen atoms in total. The number of hydrogen-bond donors (Lipinski definition) is 2. The normalized spacial score (nSPS) is 10.9. The number of hydrogen-bond acceptors (Lipinski definition) is 3. The highest BCUT2D eigenvalue weighted by Gasteiger charge is 2.16. The maximum atomic E-state index is 10.8. The first-order valence-corrected chi connectivity index (χ1v) is 7.53. The van der Waals surface area contributed by atoms with Gasteiger partial charge >= 0.3 is 5.97 Å². The van der Waals surface area contributed by atoms with Gasteiger partial charge in [-0.2, -0.15) is 5.10 Å². The van der Waals surface area contributed by atoms with Gasteiger partial charge in [0.15, 0.2) is 0 Å². The van der Waals surface area contributed by atoms with Crippen molar-refractivity contribution in [2.75, 3.05) is 5.75 Å². The molecule has 0 saturated heterocycles. The molecule has 0 amide bonds. The Morgan fingerprint density at radius 1 is 1.24 bits per heavy atom. The Morgan fingerprint density at radius 3 is 2.81 bits per heavy atom. The molecular weight excluding hydrogens is 284 g/mol. The van der Waals surface area contributed by atoms with Crippen molar-refractivity contribution in [3.05, 3.63) is 48.2 Å². The van der Waals surface area contributed by atoms with Crippen molar-refractivity contribution in [2.45, 2.75) is 11.9 Å². The second-order valence-corrected chi connectivity index (χ2v) is 5.70. The number of carboxylic acids is 1. The lowest BCUT2D eigenvalue weighted by Gasteiger charge is -2.07.